The molecule has 1 heterocycles. The third-order valence-electron chi connectivity index (χ3n) is 2.88. The molecule has 0 saturated heterocycles. The van der Waals surface area contributed by atoms with E-state index in [0.29, 0.717) is 12.5 Å². The Morgan fingerprint density at radius 2 is 2.10 bits per heavy atom. The maximum absolute atomic E-state index is 5.80. The van der Waals surface area contributed by atoms with Gasteiger partial charge in [0.25, 0.3) is 0 Å². The van der Waals surface area contributed by atoms with Crippen LogP contribution in [-0.4, -0.2) is 27.3 Å². The van der Waals surface area contributed by atoms with Crippen molar-refractivity contribution in [2.75, 3.05) is 6.54 Å². The van der Waals surface area contributed by atoms with Gasteiger partial charge in [-0.1, -0.05) is 31.5 Å². The van der Waals surface area contributed by atoms with E-state index in [1.165, 1.54) is 0 Å². The summed E-state index contributed by atoms with van der Waals surface area (Å²) in [5.41, 5.74) is 6.82. The van der Waals surface area contributed by atoms with E-state index in [9.17, 15) is 0 Å². The number of para-hydroxylation sites is 1. The fourth-order valence-electron chi connectivity index (χ4n) is 1.78. The highest BCUT2D eigenvalue weighted by Crippen LogP contribution is 2.09. The minimum absolute atomic E-state index is 0. The van der Waals surface area contributed by atoms with Crippen LogP contribution >= 0.6 is 24.0 Å². The molecule has 0 unspecified atom stereocenters. The third kappa shape index (κ3) is 5.33. The summed E-state index contributed by atoms with van der Waals surface area (Å²) in [5.74, 6) is 1.21. The van der Waals surface area contributed by atoms with Gasteiger partial charge in [-0.2, -0.15) is 0 Å². The second-order valence-electron chi connectivity index (χ2n) is 4.43. The molecule has 0 atom stereocenters. The first-order valence-corrected chi connectivity index (χ1v) is 6.79. The Kier molecular flexibility index (Phi) is 7.73. The molecule has 0 aliphatic carbocycles. The highest BCUT2D eigenvalue weighted by molar-refractivity contribution is 14.0. The molecule has 0 saturated carbocycles. The number of unbranched alkanes of at least 4 members (excludes halogenated alkanes) is 1. The number of nitrogens with one attached hydrogen (secondary N) is 1. The van der Waals surface area contributed by atoms with E-state index in [1.807, 2.05) is 34.9 Å². The number of guanidine groups is 1. The predicted molar refractivity (Wildman–Crippen MR) is 95.0 cm³/mol. The van der Waals surface area contributed by atoms with Crippen LogP contribution in [0.2, 0.25) is 0 Å². The van der Waals surface area contributed by atoms with E-state index >= 15 is 0 Å². The van der Waals surface area contributed by atoms with Gasteiger partial charge >= 0.3 is 0 Å². The normalized spacial score (nSPS) is 11.0. The molecule has 0 aliphatic heterocycles. The molecular weight excluding hydrogens is 379 g/mol. The molecule has 0 aliphatic rings. The van der Waals surface area contributed by atoms with Crippen LogP contribution in [0.3, 0.4) is 0 Å². The molecule has 0 amide bonds. The van der Waals surface area contributed by atoms with Gasteiger partial charge in [-0.05, 0) is 18.6 Å². The van der Waals surface area contributed by atoms with Crippen LogP contribution < -0.4 is 11.1 Å². The molecule has 2 aromatic rings. The molecule has 1 aromatic carbocycles. The van der Waals surface area contributed by atoms with Crippen LogP contribution in [0, 0.1) is 0 Å². The first-order chi connectivity index (χ1) is 9.81. The molecule has 7 heteroatoms. The fourth-order valence-corrected chi connectivity index (χ4v) is 1.78. The molecule has 1 aromatic heterocycles. The van der Waals surface area contributed by atoms with E-state index in [2.05, 4.69) is 27.4 Å². The van der Waals surface area contributed by atoms with Crippen molar-refractivity contribution in [3.63, 3.8) is 0 Å². The standard InChI is InChI=1S/C14H20N6.HI/c1-2-3-9-16-14(15)17-10-13-19-18-11-20(13)12-7-5-4-6-8-12;/h4-8,11H,2-3,9-10H2,1H3,(H3,15,16,17);1H. The lowest BCUT2D eigenvalue weighted by Crippen LogP contribution is -2.32. The minimum Gasteiger partial charge on any atom is -0.370 e. The number of rotatable bonds is 6. The molecule has 0 spiro atoms. The van der Waals surface area contributed by atoms with E-state index in [4.69, 9.17) is 5.73 Å². The zero-order valence-electron chi connectivity index (χ0n) is 12.1. The molecule has 114 valence electrons. The lowest BCUT2D eigenvalue weighted by atomic mass is 10.3. The van der Waals surface area contributed by atoms with E-state index in [0.717, 1.165) is 30.9 Å². The number of benzene rings is 1. The summed E-state index contributed by atoms with van der Waals surface area (Å²) >= 11 is 0. The van der Waals surface area contributed by atoms with Crippen LogP contribution in [0.4, 0.5) is 0 Å². The van der Waals surface area contributed by atoms with Gasteiger partial charge in [0.15, 0.2) is 11.8 Å². The molecule has 0 fully saturated rings. The van der Waals surface area contributed by atoms with Gasteiger partial charge in [0, 0.05) is 12.2 Å². The molecule has 0 radical (unpaired) electrons. The average molecular weight is 400 g/mol. The molecule has 2 rings (SSSR count). The first kappa shape index (κ1) is 17.4. The zero-order chi connectivity index (χ0) is 14.2. The van der Waals surface area contributed by atoms with Crippen LogP contribution in [-0.2, 0) is 6.54 Å². The first-order valence-electron chi connectivity index (χ1n) is 6.79. The fraction of sp³-hybridized carbons (Fsp3) is 0.357. The number of hydrogen-bond donors (Lipinski definition) is 2. The lowest BCUT2D eigenvalue weighted by Gasteiger charge is -2.06. The van der Waals surface area contributed by atoms with E-state index in [1.54, 1.807) is 6.33 Å². The summed E-state index contributed by atoms with van der Waals surface area (Å²) < 4.78 is 1.91. The van der Waals surface area contributed by atoms with Gasteiger partial charge in [0.2, 0.25) is 0 Å². The van der Waals surface area contributed by atoms with Gasteiger partial charge in [-0.25, -0.2) is 4.99 Å². The summed E-state index contributed by atoms with van der Waals surface area (Å²) in [6.07, 6.45) is 3.89. The van der Waals surface area contributed by atoms with E-state index in [-0.39, 0.29) is 24.0 Å². The van der Waals surface area contributed by atoms with Crippen molar-refractivity contribution in [1.82, 2.24) is 20.1 Å². The maximum Gasteiger partial charge on any atom is 0.189 e. The van der Waals surface area contributed by atoms with Crippen molar-refractivity contribution in [3.8, 4) is 5.69 Å². The monoisotopic (exact) mass is 400 g/mol. The molecular formula is C14H21IN6. The van der Waals surface area contributed by atoms with Crippen molar-refractivity contribution < 1.29 is 0 Å². The number of aliphatic imine (C=N–C) groups is 1. The number of hydrogen-bond acceptors (Lipinski definition) is 3. The molecule has 0 bridgehead atoms. The summed E-state index contributed by atoms with van der Waals surface area (Å²) in [5, 5.41) is 11.1. The quantitative estimate of drug-likeness (QED) is 0.337. The van der Waals surface area contributed by atoms with Crippen molar-refractivity contribution in [3.05, 3.63) is 42.5 Å². The summed E-state index contributed by atoms with van der Waals surface area (Å²) in [6, 6.07) is 9.92. The Balaban J connectivity index is 0.00000220. The van der Waals surface area contributed by atoms with Gasteiger partial charge in [0.1, 0.15) is 12.9 Å². The summed E-state index contributed by atoms with van der Waals surface area (Å²) in [7, 11) is 0. The number of nitrogens with two attached hydrogens (primary N) is 1. The van der Waals surface area contributed by atoms with Crippen molar-refractivity contribution in [1.29, 1.82) is 0 Å². The Bertz CT molecular complexity index is 552. The van der Waals surface area contributed by atoms with Crippen LogP contribution in [0.15, 0.2) is 41.7 Å². The molecule has 3 N–H and O–H groups in total. The van der Waals surface area contributed by atoms with Gasteiger partial charge in [-0.15, -0.1) is 34.2 Å². The topological polar surface area (TPSA) is 81.1 Å². The van der Waals surface area contributed by atoms with E-state index < -0.39 is 0 Å². The molecule has 21 heavy (non-hydrogen) atoms. The SMILES string of the molecule is CCCCNC(N)=NCc1nncn1-c1ccccc1.I. The average Bonchev–Trinajstić information content (AvgIpc) is 2.95. The van der Waals surface area contributed by atoms with Gasteiger partial charge < -0.3 is 11.1 Å². The van der Waals surface area contributed by atoms with Crippen molar-refractivity contribution in [2.24, 2.45) is 10.7 Å². The summed E-state index contributed by atoms with van der Waals surface area (Å²) in [4.78, 5) is 4.28. The van der Waals surface area contributed by atoms with Crippen LogP contribution in [0.5, 0.6) is 0 Å². The third-order valence-corrected chi connectivity index (χ3v) is 2.88. The number of aromatic nitrogens is 3. The molecule has 6 nitrogen and oxygen atoms in total. The maximum atomic E-state index is 5.80. The lowest BCUT2D eigenvalue weighted by molar-refractivity contribution is 0.745. The largest absolute Gasteiger partial charge is 0.370 e. The zero-order valence-corrected chi connectivity index (χ0v) is 14.4. The Morgan fingerprint density at radius 3 is 2.81 bits per heavy atom. The van der Waals surface area contributed by atoms with Crippen molar-refractivity contribution >= 4 is 29.9 Å². The van der Waals surface area contributed by atoms with Crippen molar-refractivity contribution in [2.45, 2.75) is 26.3 Å². The Hall–Kier alpha value is -1.64. The second kappa shape index (κ2) is 9.32. The van der Waals surface area contributed by atoms with Gasteiger partial charge in [0.05, 0.1) is 0 Å². The second-order valence-corrected chi connectivity index (χ2v) is 4.43. The highest BCUT2D eigenvalue weighted by Gasteiger charge is 2.05. The highest BCUT2D eigenvalue weighted by atomic mass is 127. The minimum atomic E-state index is 0. The number of halogens is 1. The van der Waals surface area contributed by atoms with Crippen LogP contribution in [0.1, 0.15) is 25.6 Å². The Labute approximate surface area is 141 Å². The smallest absolute Gasteiger partial charge is 0.189 e. The number of nitrogens with zero attached hydrogens (tertiary/aromatic N) is 4. The Morgan fingerprint density at radius 1 is 1.33 bits per heavy atom. The van der Waals surface area contributed by atoms with Crippen LogP contribution in [0.25, 0.3) is 5.69 Å². The summed E-state index contributed by atoms with van der Waals surface area (Å²) in [6.45, 7) is 3.38. The predicted octanol–water partition coefficient (Wildman–Crippen LogP) is 2.09. The van der Waals surface area contributed by atoms with Gasteiger partial charge in [-0.3, -0.25) is 4.57 Å².